The summed E-state index contributed by atoms with van der Waals surface area (Å²) in [6, 6.07) is 16.9. The Bertz CT molecular complexity index is 1680. The van der Waals surface area contributed by atoms with Crippen molar-refractivity contribution in [2.45, 2.75) is 0 Å². The van der Waals surface area contributed by atoms with Crippen LogP contribution in [0.4, 0.5) is 10.1 Å². The highest BCUT2D eigenvalue weighted by Crippen LogP contribution is 2.32. The Labute approximate surface area is 204 Å². The number of nitrogens with one attached hydrogen (secondary N) is 2. The summed E-state index contributed by atoms with van der Waals surface area (Å²) in [5, 5.41) is 0.650. The molecule has 9 heteroatoms. The lowest BCUT2D eigenvalue weighted by Crippen LogP contribution is -2.40. The number of nitrogens with zero attached hydrogens (tertiary/aromatic N) is 2. The van der Waals surface area contributed by atoms with Crippen LogP contribution in [0, 0.1) is 5.82 Å². The van der Waals surface area contributed by atoms with Gasteiger partial charge in [0.25, 0.3) is 11.5 Å². The maximum Gasteiger partial charge on any atom is 0.276 e. The summed E-state index contributed by atoms with van der Waals surface area (Å²) >= 11 is 0. The van der Waals surface area contributed by atoms with E-state index in [0.717, 1.165) is 11.1 Å². The lowest BCUT2D eigenvalue weighted by molar-refractivity contribution is 0.0303. The number of rotatable bonds is 3. The Balaban J connectivity index is 1.38. The standard InChI is InChI=1S/C27H22FN5O3/c28-18-5-1-15(2-6-18)16-3-8-21-22(14-16)32-26(34)25(31-21)24-23(29)19-13-17(4-7-20(19)30-24)27(35)33-9-11-36-12-10-33/h1-8,13-14,30H,9-12,29H2,(H,32,34). The molecule has 6 rings (SSSR count). The summed E-state index contributed by atoms with van der Waals surface area (Å²) in [7, 11) is 0. The zero-order valence-electron chi connectivity index (χ0n) is 19.2. The van der Waals surface area contributed by atoms with Gasteiger partial charge in [-0.3, -0.25) is 9.59 Å². The van der Waals surface area contributed by atoms with Gasteiger partial charge in [-0.05, 0) is 53.6 Å². The number of morpholine rings is 1. The topological polar surface area (TPSA) is 117 Å². The van der Waals surface area contributed by atoms with Gasteiger partial charge in [-0.1, -0.05) is 18.2 Å². The van der Waals surface area contributed by atoms with Crippen LogP contribution >= 0.6 is 0 Å². The smallest absolute Gasteiger partial charge is 0.276 e. The number of carbonyl (C=O) groups excluding carboxylic acids is 1. The number of aromatic amines is 2. The molecule has 3 heterocycles. The third-order valence-corrected chi connectivity index (χ3v) is 6.49. The van der Waals surface area contributed by atoms with Gasteiger partial charge >= 0.3 is 0 Å². The number of ether oxygens (including phenoxy) is 1. The number of aromatic nitrogens is 3. The summed E-state index contributed by atoms with van der Waals surface area (Å²) < 4.78 is 18.6. The molecule has 0 unspecified atom stereocenters. The Morgan fingerprint density at radius 2 is 1.69 bits per heavy atom. The van der Waals surface area contributed by atoms with E-state index >= 15 is 0 Å². The molecule has 1 saturated heterocycles. The SMILES string of the molecule is Nc1c(-c2nc3ccc(-c4ccc(F)cc4)cc3[nH]c2=O)[nH]c2ccc(C(=O)N3CCOCC3)cc12. The first kappa shape index (κ1) is 22.0. The number of nitrogens with two attached hydrogens (primary N) is 1. The molecule has 5 aromatic rings. The van der Waals surface area contributed by atoms with E-state index in [4.69, 9.17) is 10.5 Å². The second-order valence-corrected chi connectivity index (χ2v) is 8.73. The largest absolute Gasteiger partial charge is 0.396 e. The molecule has 36 heavy (non-hydrogen) atoms. The van der Waals surface area contributed by atoms with Gasteiger partial charge in [-0.25, -0.2) is 9.37 Å². The number of halogens is 1. The molecule has 4 N–H and O–H groups in total. The molecule has 0 radical (unpaired) electrons. The molecule has 0 spiro atoms. The number of H-pyrrole nitrogens is 2. The number of fused-ring (bicyclic) bond motifs is 2. The number of carbonyl (C=O) groups is 1. The van der Waals surface area contributed by atoms with Crippen LogP contribution in [0.3, 0.4) is 0 Å². The van der Waals surface area contributed by atoms with E-state index in [1.54, 1.807) is 47.4 Å². The fraction of sp³-hybridized carbons (Fsp3) is 0.148. The van der Waals surface area contributed by atoms with Crippen molar-refractivity contribution in [1.82, 2.24) is 19.9 Å². The molecule has 8 nitrogen and oxygen atoms in total. The molecule has 0 bridgehead atoms. The van der Waals surface area contributed by atoms with Crippen LogP contribution in [0.25, 0.3) is 44.5 Å². The van der Waals surface area contributed by atoms with Crippen molar-refractivity contribution in [3.8, 4) is 22.5 Å². The highest BCUT2D eigenvalue weighted by molar-refractivity contribution is 6.04. The highest BCUT2D eigenvalue weighted by Gasteiger charge is 2.21. The van der Waals surface area contributed by atoms with Crippen LogP contribution in [0.2, 0.25) is 0 Å². The average Bonchev–Trinajstić information content (AvgIpc) is 3.24. The molecule has 2 aromatic heterocycles. The quantitative estimate of drug-likeness (QED) is 0.360. The van der Waals surface area contributed by atoms with Crippen molar-refractivity contribution in [3.05, 3.63) is 82.4 Å². The van der Waals surface area contributed by atoms with E-state index in [1.807, 2.05) is 6.07 Å². The summed E-state index contributed by atoms with van der Waals surface area (Å²) in [6.07, 6.45) is 0. The molecule has 1 aliphatic heterocycles. The number of anilines is 1. The van der Waals surface area contributed by atoms with Gasteiger partial charge < -0.3 is 25.3 Å². The first-order valence-corrected chi connectivity index (χ1v) is 11.6. The zero-order valence-corrected chi connectivity index (χ0v) is 19.2. The maximum atomic E-state index is 13.3. The summed E-state index contributed by atoms with van der Waals surface area (Å²) in [5.74, 6) is -0.395. The normalized spacial score (nSPS) is 14.0. The first-order chi connectivity index (χ1) is 17.5. The van der Waals surface area contributed by atoms with Crippen LogP contribution in [0.1, 0.15) is 10.4 Å². The summed E-state index contributed by atoms with van der Waals surface area (Å²) in [6.45, 7) is 2.13. The number of nitrogen functional groups attached to an aromatic ring is 1. The molecule has 180 valence electrons. The second kappa shape index (κ2) is 8.62. The number of amides is 1. The van der Waals surface area contributed by atoms with Gasteiger partial charge in [-0.15, -0.1) is 0 Å². The number of hydrogen-bond donors (Lipinski definition) is 3. The fourth-order valence-corrected chi connectivity index (χ4v) is 4.56. The van der Waals surface area contributed by atoms with E-state index in [-0.39, 0.29) is 17.4 Å². The molecular weight excluding hydrogens is 461 g/mol. The predicted octanol–water partition coefficient (Wildman–Crippen LogP) is 3.93. The van der Waals surface area contributed by atoms with E-state index < -0.39 is 5.56 Å². The minimum absolute atomic E-state index is 0.0824. The van der Waals surface area contributed by atoms with Crippen LogP contribution in [-0.4, -0.2) is 52.1 Å². The predicted molar refractivity (Wildman–Crippen MR) is 136 cm³/mol. The zero-order chi connectivity index (χ0) is 24.8. The third kappa shape index (κ3) is 3.79. The number of benzene rings is 3. The first-order valence-electron chi connectivity index (χ1n) is 11.6. The fourth-order valence-electron chi connectivity index (χ4n) is 4.56. The second-order valence-electron chi connectivity index (χ2n) is 8.73. The Kier molecular flexibility index (Phi) is 5.26. The Morgan fingerprint density at radius 3 is 2.47 bits per heavy atom. The molecule has 1 fully saturated rings. The van der Waals surface area contributed by atoms with Crippen molar-refractivity contribution in [2.24, 2.45) is 0 Å². The van der Waals surface area contributed by atoms with Crippen LogP contribution in [-0.2, 0) is 4.74 Å². The summed E-state index contributed by atoms with van der Waals surface area (Å²) in [5.41, 5.74) is 11.0. The van der Waals surface area contributed by atoms with Gasteiger partial charge in [0.1, 0.15) is 5.82 Å². The minimum Gasteiger partial charge on any atom is -0.396 e. The van der Waals surface area contributed by atoms with Crippen LogP contribution in [0.15, 0.2) is 65.5 Å². The lowest BCUT2D eigenvalue weighted by Gasteiger charge is -2.26. The van der Waals surface area contributed by atoms with Gasteiger partial charge in [-0.2, -0.15) is 0 Å². The van der Waals surface area contributed by atoms with Crippen molar-refractivity contribution >= 4 is 33.5 Å². The van der Waals surface area contributed by atoms with E-state index in [0.29, 0.717) is 65.2 Å². The highest BCUT2D eigenvalue weighted by atomic mass is 19.1. The van der Waals surface area contributed by atoms with Crippen LogP contribution in [0.5, 0.6) is 0 Å². The maximum absolute atomic E-state index is 13.3. The van der Waals surface area contributed by atoms with Crippen molar-refractivity contribution in [3.63, 3.8) is 0 Å². The molecule has 0 atom stereocenters. The molecule has 3 aromatic carbocycles. The van der Waals surface area contributed by atoms with Gasteiger partial charge in [0.15, 0.2) is 5.69 Å². The average molecular weight is 484 g/mol. The van der Waals surface area contributed by atoms with Gasteiger partial charge in [0.2, 0.25) is 0 Å². The van der Waals surface area contributed by atoms with E-state index in [9.17, 15) is 14.0 Å². The van der Waals surface area contributed by atoms with Crippen LogP contribution < -0.4 is 11.3 Å². The lowest BCUT2D eigenvalue weighted by atomic mass is 10.0. The van der Waals surface area contributed by atoms with E-state index in [2.05, 4.69) is 15.0 Å². The monoisotopic (exact) mass is 483 g/mol. The molecule has 1 aliphatic rings. The van der Waals surface area contributed by atoms with Gasteiger partial charge in [0.05, 0.1) is 35.6 Å². The van der Waals surface area contributed by atoms with Crippen molar-refractivity contribution in [2.75, 3.05) is 32.0 Å². The van der Waals surface area contributed by atoms with E-state index in [1.165, 1.54) is 12.1 Å². The third-order valence-electron chi connectivity index (χ3n) is 6.49. The molecule has 1 amide bonds. The summed E-state index contributed by atoms with van der Waals surface area (Å²) in [4.78, 5) is 38.3. The minimum atomic E-state index is -0.401. The van der Waals surface area contributed by atoms with Crippen molar-refractivity contribution in [1.29, 1.82) is 0 Å². The molecule has 0 saturated carbocycles. The van der Waals surface area contributed by atoms with Crippen molar-refractivity contribution < 1.29 is 13.9 Å². The Morgan fingerprint density at radius 1 is 0.944 bits per heavy atom. The molecule has 0 aliphatic carbocycles. The van der Waals surface area contributed by atoms with Gasteiger partial charge in [0, 0.05) is 29.6 Å². The number of hydrogen-bond acceptors (Lipinski definition) is 5. The molecular formula is C27H22FN5O3. The Hall–Kier alpha value is -4.50.